The molecule has 2 rings (SSSR count). The third-order valence-electron chi connectivity index (χ3n) is 4.19. The summed E-state index contributed by atoms with van der Waals surface area (Å²) in [6.45, 7) is 6.48. The van der Waals surface area contributed by atoms with Crippen LogP contribution in [0, 0.1) is 0 Å². The number of amides is 1. The van der Waals surface area contributed by atoms with Crippen molar-refractivity contribution in [2.45, 2.75) is 26.2 Å². The van der Waals surface area contributed by atoms with Crippen molar-refractivity contribution in [3.05, 3.63) is 0 Å². The van der Waals surface area contributed by atoms with Crippen LogP contribution in [0.15, 0.2) is 0 Å². The van der Waals surface area contributed by atoms with Crippen LogP contribution in [0.2, 0.25) is 0 Å². The highest BCUT2D eigenvalue weighted by molar-refractivity contribution is 7.89. The van der Waals surface area contributed by atoms with E-state index in [9.17, 15) is 13.2 Å². The number of piperazine rings is 1. The van der Waals surface area contributed by atoms with E-state index in [0.29, 0.717) is 32.7 Å². The van der Waals surface area contributed by atoms with Crippen LogP contribution in [0.4, 0.5) is 0 Å². The van der Waals surface area contributed by atoms with Crippen molar-refractivity contribution < 1.29 is 13.2 Å². The van der Waals surface area contributed by atoms with E-state index in [4.69, 9.17) is 0 Å². The van der Waals surface area contributed by atoms with Crippen LogP contribution in [0.5, 0.6) is 0 Å². The molecule has 0 N–H and O–H groups in total. The average Bonchev–Trinajstić information content (AvgIpc) is 2.46. The molecular weight excluding hydrogens is 278 g/mol. The topological polar surface area (TPSA) is 60.9 Å². The Kier molecular flexibility index (Phi) is 5.40. The molecule has 1 amide bonds. The number of sulfonamides is 1. The lowest BCUT2D eigenvalue weighted by molar-refractivity contribution is -0.130. The fourth-order valence-electron chi connectivity index (χ4n) is 2.80. The van der Waals surface area contributed by atoms with Gasteiger partial charge in [0.2, 0.25) is 15.9 Å². The Morgan fingerprint density at radius 2 is 1.55 bits per heavy atom. The first kappa shape index (κ1) is 15.7. The maximum Gasteiger partial charge on any atom is 0.219 e. The summed E-state index contributed by atoms with van der Waals surface area (Å²) in [6, 6.07) is 0. The van der Waals surface area contributed by atoms with Crippen molar-refractivity contribution in [1.82, 2.24) is 14.1 Å². The van der Waals surface area contributed by atoms with Gasteiger partial charge in [0.15, 0.2) is 0 Å². The number of carbonyl (C=O) groups is 1. The van der Waals surface area contributed by atoms with Crippen LogP contribution >= 0.6 is 0 Å². The van der Waals surface area contributed by atoms with E-state index < -0.39 is 10.0 Å². The van der Waals surface area contributed by atoms with Gasteiger partial charge < -0.3 is 4.90 Å². The lowest BCUT2D eigenvalue weighted by atomic mass is 10.2. The molecule has 0 aliphatic carbocycles. The second-order valence-electron chi connectivity index (χ2n) is 5.62. The van der Waals surface area contributed by atoms with Crippen LogP contribution in [0.1, 0.15) is 26.2 Å². The summed E-state index contributed by atoms with van der Waals surface area (Å²) in [5.74, 6) is 0.304. The first-order valence-electron chi connectivity index (χ1n) is 7.45. The second-order valence-corrected chi connectivity index (χ2v) is 7.71. The Labute approximate surface area is 121 Å². The molecule has 0 aromatic rings. The van der Waals surface area contributed by atoms with Crippen molar-refractivity contribution in [1.29, 1.82) is 0 Å². The lowest BCUT2D eigenvalue weighted by Gasteiger charge is -2.34. The molecule has 0 aromatic heterocycles. The average molecular weight is 303 g/mol. The predicted octanol–water partition coefficient (Wildman–Crippen LogP) is -0.0338. The summed E-state index contributed by atoms with van der Waals surface area (Å²) in [7, 11) is -3.10. The summed E-state index contributed by atoms with van der Waals surface area (Å²) in [4.78, 5) is 15.2. The van der Waals surface area contributed by atoms with E-state index in [2.05, 4.69) is 4.90 Å². The van der Waals surface area contributed by atoms with Gasteiger partial charge >= 0.3 is 0 Å². The maximum absolute atomic E-state index is 12.2. The fraction of sp³-hybridized carbons (Fsp3) is 0.923. The first-order valence-corrected chi connectivity index (χ1v) is 9.06. The molecule has 2 aliphatic rings. The molecule has 0 bridgehead atoms. The number of hydrogen-bond donors (Lipinski definition) is 0. The van der Waals surface area contributed by atoms with E-state index in [1.807, 2.05) is 4.90 Å². The molecular formula is C13H25N3O3S. The molecule has 2 fully saturated rings. The minimum Gasteiger partial charge on any atom is -0.340 e. The Bertz CT molecular complexity index is 424. The standard InChI is InChI=1S/C13H25N3O3S/c1-13(17)15-9-7-14(8-10-15)11-12-20(18,19)16-5-3-2-4-6-16/h2-12H2,1H3. The lowest BCUT2D eigenvalue weighted by Crippen LogP contribution is -2.49. The van der Waals surface area contributed by atoms with Gasteiger partial charge in [0, 0.05) is 52.7 Å². The monoisotopic (exact) mass is 303 g/mol. The molecule has 2 aliphatic heterocycles. The molecule has 6 nitrogen and oxygen atoms in total. The van der Waals surface area contributed by atoms with Crippen LogP contribution in [0.3, 0.4) is 0 Å². The minimum atomic E-state index is -3.10. The zero-order valence-corrected chi connectivity index (χ0v) is 13.1. The second kappa shape index (κ2) is 6.87. The van der Waals surface area contributed by atoms with E-state index in [1.54, 1.807) is 11.2 Å². The van der Waals surface area contributed by atoms with E-state index >= 15 is 0 Å². The van der Waals surface area contributed by atoms with Gasteiger partial charge in [-0.3, -0.25) is 9.69 Å². The van der Waals surface area contributed by atoms with Gasteiger partial charge in [0.05, 0.1) is 5.75 Å². The highest BCUT2D eigenvalue weighted by Crippen LogP contribution is 2.14. The van der Waals surface area contributed by atoms with Gasteiger partial charge in [-0.05, 0) is 12.8 Å². The highest BCUT2D eigenvalue weighted by Gasteiger charge is 2.25. The number of piperidine rings is 1. The molecule has 7 heteroatoms. The van der Waals surface area contributed by atoms with Crippen molar-refractivity contribution in [2.75, 3.05) is 51.6 Å². The molecule has 2 heterocycles. The summed E-state index contributed by atoms with van der Waals surface area (Å²) in [6.07, 6.45) is 3.10. The van der Waals surface area contributed by atoms with Gasteiger partial charge in [-0.1, -0.05) is 6.42 Å². The van der Waals surface area contributed by atoms with E-state index in [-0.39, 0.29) is 11.7 Å². The van der Waals surface area contributed by atoms with Crippen LogP contribution in [0.25, 0.3) is 0 Å². The summed E-state index contributed by atoms with van der Waals surface area (Å²) >= 11 is 0. The summed E-state index contributed by atoms with van der Waals surface area (Å²) in [5.41, 5.74) is 0. The van der Waals surface area contributed by atoms with Crippen molar-refractivity contribution in [3.8, 4) is 0 Å². The SMILES string of the molecule is CC(=O)N1CCN(CCS(=O)(=O)N2CCCCC2)CC1. The first-order chi connectivity index (χ1) is 9.49. The quantitative estimate of drug-likeness (QED) is 0.731. The van der Waals surface area contributed by atoms with Gasteiger partial charge in [-0.15, -0.1) is 0 Å². The molecule has 0 unspecified atom stereocenters. The Balaban J connectivity index is 1.76. The number of hydrogen-bond acceptors (Lipinski definition) is 4. The summed E-state index contributed by atoms with van der Waals surface area (Å²) < 4.78 is 26.1. The normalized spacial score (nSPS) is 22.9. The van der Waals surface area contributed by atoms with Gasteiger partial charge in [0.25, 0.3) is 0 Å². The molecule has 2 saturated heterocycles. The van der Waals surface area contributed by atoms with Crippen LogP contribution < -0.4 is 0 Å². The number of carbonyl (C=O) groups excluding carboxylic acids is 1. The Morgan fingerprint density at radius 1 is 0.950 bits per heavy atom. The molecule has 0 aromatic carbocycles. The van der Waals surface area contributed by atoms with Gasteiger partial charge in [0.1, 0.15) is 0 Å². The molecule has 116 valence electrons. The summed E-state index contributed by atoms with van der Waals surface area (Å²) in [5, 5.41) is 0. The van der Waals surface area contributed by atoms with Crippen molar-refractivity contribution in [2.24, 2.45) is 0 Å². The minimum absolute atomic E-state index is 0.102. The van der Waals surface area contributed by atoms with Crippen molar-refractivity contribution >= 4 is 15.9 Å². The smallest absolute Gasteiger partial charge is 0.219 e. The van der Waals surface area contributed by atoms with E-state index in [0.717, 1.165) is 32.4 Å². The fourth-order valence-corrected chi connectivity index (χ4v) is 4.36. The maximum atomic E-state index is 12.2. The largest absolute Gasteiger partial charge is 0.340 e. The highest BCUT2D eigenvalue weighted by atomic mass is 32.2. The van der Waals surface area contributed by atoms with Crippen molar-refractivity contribution in [3.63, 3.8) is 0 Å². The van der Waals surface area contributed by atoms with Crippen LogP contribution in [-0.4, -0.2) is 80.0 Å². The molecule has 0 saturated carbocycles. The zero-order valence-electron chi connectivity index (χ0n) is 12.3. The molecule has 20 heavy (non-hydrogen) atoms. The van der Waals surface area contributed by atoms with Crippen LogP contribution in [-0.2, 0) is 14.8 Å². The Morgan fingerprint density at radius 3 is 2.10 bits per heavy atom. The third-order valence-corrected chi connectivity index (χ3v) is 6.04. The van der Waals surface area contributed by atoms with Gasteiger partial charge in [-0.25, -0.2) is 12.7 Å². The third kappa shape index (κ3) is 4.17. The zero-order chi connectivity index (χ0) is 14.6. The number of nitrogens with zero attached hydrogens (tertiary/aromatic N) is 3. The molecule has 0 atom stereocenters. The predicted molar refractivity (Wildman–Crippen MR) is 77.9 cm³/mol. The van der Waals surface area contributed by atoms with Gasteiger partial charge in [-0.2, -0.15) is 0 Å². The number of rotatable bonds is 4. The molecule has 0 spiro atoms. The Hall–Kier alpha value is -0.660. The van der Waals surface area contributed by atoms with E-state index in [1.165, 1.54) is 0 Å². The molecule has 0 radical (unpaired) electrons.